The Morgan fingerprint density at radius 2 is 2.04 bits per heavy atom. The zero-order chi connectivity index (χ0) is 18.5. The van der Waals surface area contributed by atoms with Crippen LogP contribution in [0.15, 0.2) is 41.2 Å². The molecular formula is C18H19N3O4S. The summed E-state index contributed by atoms with van der Waals surface area (Å²) >= 11 is 1.27. The van der Waals surface area contributed by atoms with Crippen LogP contribution in [0, 0.1) is 0 Å². The van der Waals surface area contributed by atoms with Gasteiger partial charge in [-0.15, -0.1) is 0 Å². The molecule has 0 saturated carbocycles. The minimum absolute atomic E-state index is 0.0502. The van der Waals surface area contributed by atoms with E-state index in [1.54, 1.807) is 7.11 Å². The van der Waals surface area contributed by atoms with Crippen molar-refractivity contribution in [1.29, 1.82) is 0 Å². The normalized spacial score (nSPS) is 12.2. The zero-order valence-electron chi connectivity index (χ0n) is 14.5. The minimum Gasteiger partial charge on any atom is -0.459 e. The van der Waals surface area contributed by atoms with Crippen molar-refractivity contribution in [3.63, 3.8) is 0 Å². The summed E-state index contributed by atoms with van der Waals surface area (Å²) in [7, 11) is 1.56. The van der Waals surface area contributed by atoms with Crippen LogP contribution in [0.5, 0.6) is 0 Å². The van der Waals surface area contributed by atoms with Gasteiger partial charge in [-0.3, -0.25) is 9.59 Å². The second-order valence-electron chi connectivity index (χ2n) is 5.69. The molecule has 0 aliphatic heterocycles. The van der Waals surface area contributed by atoms with Gasteiger partial charge in [-0.25, -0.2) is 4.98 Å². The Bertz CT molecular complexity index is 952. The maximum absolute atomic E-state index is 12.4. The quantitative estimate of drug-likeness (QED) is 0.592. The number of methoxy groups -OCH3 is 1. The molecule has 1 aromatic carbocycles. The molecule has 3 rings (SSSR count). The summed E-state index contributed by atoms with van der Waals surface area (Å²) in [5.41, 5.74) is 1.00. The zero-order valence-corrected chi connectivity index (χ0v) is 15.4. The number of aromatic nitrogens is 3. The number of carbonyl (C=O) groups is 1. The van der Waals surface area contributed by atoms with E-state index < -0.39 is 0 Å². The van der Waals surface area contributed by atoms with Gasteiger partial charge in [-0.05, 0) is 12.0 Å². The fraction of sp³-hybridized carbons (Fsp3) is 0.333. The molecule has 0 amide bonds. The molecule has 0 bridgehead atoms. The van der Waals surface area contributed by atoms with Crippen molar-refractivity contribution < 1.29 is 14.3 Å². The van der Waals surface area contributed by atoms with Crippen LogP contribution in [-0.2, 0) is 27.5 Å². The van der Waals surface area contributed by atoms with Gasteiger partial charge in [-0.2, -0.15) is 9.61 Å². The van der Waals surface area contributed by atoms with Gasteiger partial charge in [0.1, 0.15) is 11.6 Å². The van der Waals surface area contributed by atoms with Crippen molar-refractivity contribution in [2.45, 2.75) is 32.5 Å². The molecule has 8 heteroatoms. The predicted molar refractivity (Wildman–Crippen MR) is 97.1 cm³/mol. The third-order valence-electron chi connectivity index (χ3n) is 3.86. The number of hydrogen-bond donors (Lipinski definition) is 0. The summed E-state index contributed by atoms with van der Waals surface area (Å²) in [5.74, 6) is -0.664. The van der Waals surface area contributed by atoms with Crippen LogP contribution in [-0.4, -0.2) is 27.7 Å². The molecule has 0 fully saturated rings. The van der Waals surface area contributed by atoms with E-state index in [0.717, 1.165) is 5.56 Å². The largest absolute Gasteiger partial charge is 0.459 e. The molecule has 0 aliphatic rings. The molecule has 3 aromatic rings. The monoisotopic (exact) mass is 373 g/mol. The number of nitrogens with zero attached hydrogens (tertiary/aromatic N) is 3. The number of esters is 1. The highest BCUT2D eigenvalue weighted by Gasteiger charge is 2.20. The van der Waals surface area contributed by atoms with Crippen LogP contribution < -0.4 is 5.56 Å². The Morgan fingerprint density at radius 3 is 2.73 bits per heavy atom. The summed E-state index contributed by atoms with van der Waals surface area (Å²) in [6, 6.07) is 10.8. The molecule has 0 unspecified atom stereocenters. The Kier molecular flexibility index (Phi) is 5.75. The number of fused-ring (bicyclic) bond motifs is 1. The van der Waals surface area contributed by atoms with Crippen LogP contribution in [0.25, 0.3) is 4.96 Å². The lowest BCUT2D eigenvalue weighted by molar-refractivity contribution is -0.147. The lowest BCUT2D eigenvalue weighted by Gasteiger charge is -2.14. The Balaban J connectivity index is 1.74. The number of hydrogen-bond acceptors (Lipinski definition) is 7. The highest BCUT2D eigenvalue weighted by molar-refractivity contribution is 7.16. The highest BCUT2D eigenvalue weighted by atomic mass is 32.1. The average molecular weight is 373 g/mol. The first-order valence-corrected chi connectivity index (χ1v) is 9.03. The molecule has 1 atom stereocenters. The molecule has 2 heterocycles. The molecule has 0 N–H and O–H groups in total. The SMILES string of the molecule is CC[C@@H](C(=O)OCc1cc(=O)n2nc(COC)sc2n1)c1ccccc1. The van der Waals surface area contributed by atoms with E-state index in [-0.39, 0.29) is 24.1 Å². The molecule has 136 valence electrons. The summed E-state index contributed by atoms with van der Waals surface area (Å²) in [6.07, 6.45) is 0.632. The van der Waals surface area contributed by atoms with Crippen molar-refractivity contribution in [3.8, 4) is 0 Å². The third kappa shape index (κ3) is 3.97. The van der Waals surface area contributed by atoms with E-state index in [9.17, 15) is 9.59 Å². The number of rotatable bonds is 7. The van der Waals surface area contributed by atoms with Crippen LogP contribution in [0.2, 0.25) is 0 Å². The summed E-state index contributed by atoms with van der Waals surface area (Å²) in [4.78, 5) is 29.4. The van der Waals surface area contributed by atoms with Crippen LogP contribution in [0.4, 0.5) is 0 Å². The van der Waals surface area contributed by atoms with E-state index in [1.807, 2.05) is 37.3 Å². The van der Waals surface area contributed by atoms with Gasteiger partial charge in [0, 0.05) is 13.2 Å². The van der Waals surface area contributed by atoms with Gasteiger partial charge < -0.3 is 9.47 Å². The molecule has 0 saturated heterocycles. The maximum atomic E-state index is 12.4. The van der Waals surface area contributed by atoms with E-state index in [1.165, 1.54) is 21.9 Å². The second-order valence-corrected chi connectivity index (χ2v) is 6.73. The van der Waals surface area contributed by atoms with Gasteiger partial charge in [0.2, 0.25) is 4.96 Å². The number of benzene rings is 1. The lowest BCUT2D eigenvalue weighted by Crippen LogP contribution is -2.19. The first-order chi connectivity index (χ1) is 12.6. The van der Waals surface area contributed by atoms with Gasteiger partial charge in [0.25, 0.3) is 5.56 Å². The first-order valence-electron chi connectivity index (χ1n) is 8.21. The topological polar surface area (TPSA) is 82.8 Å². The van der Waals surface area contributed by atoms with Crippen molar-refractivity contribution in [1.82, 2.24) is 14.6 Å². The molecule has 2 aromatic heterocycles. The molecule has 26 heavy (non-hydrogen) atoms. The first kappa shape index (κ1) is 18.2. The Morgan fingerprint density at radius 1 is 1.27 bits per heavy atom. The summed E-state index contributed by atoms with van der Waals surface area (Å²) in [5, 5.41) is 4.80. The molecular weight excluding hydrogens is 354 g/mol. The Labute approximate surface area is 154 Å². The van der Waals surface area contributed by atoms with Crippen molar-refractivity contribution in [2.24, 2.45) is 0 Å². The van der Waals surface area contributed by atoms with Gasteiger partial charge in [-0.1, -0.05) is 48.6 Å². The van der Waals surface area contributed by atoms with Crippen molar-refractivity contribution in [3.05, 3.63) is 63.0 Å². The summed E-state index contributed by atoms with van der Waals surface area (Å²) < 4.78 is 11.7. The molecule has 7 nitrogen and oxygen atoms in total. The van der Waals surface area contributed by atoms with Crippen molar-refractivity contribution in [2.75, 3.05) is 7.11 Å². The summed E-state index contributed by atoms with van der Waals surface area (Å²) in [6.45, 7) is 2.20. The lowest BCUT2D eigenvalue weighted by atomic mass is 9.97. The second kappa shape index (κ2) is 8.20. The average Bonchev–Trinajstić information content (AvgIpc) is 3.05. The fourth-order valence-corrected chi connectivity index (χ4v) is 3.51. The fourth-order valence-electron chi connectivity index (χ4n) is 2.62. The Hall–Kier alpha value is -2.58. The smallest absolute Gasteiger partial charge is 0.313 e. The standard InChI is InChI=1S/C18H19N3O4S/c1-3-14(12-7-5-4-6-8-12)17(23)25-10-13-9-16(22)21-18(19-13)26-15(20-21)11-24-2/h4-9,14H,3,10-11H2,1-2H3/t14-/m1/s1. The van der Waals surface area contributed by atoms with E-state index in [2.05, 4.69) is 10.1 Å². The van der Waals surface area contributed by atoms with Crippen LogP contribution >= 0.6 is 11.3 Å². The molecule has 0 spiro atoms. The van der Waals surface area contributed by atoms with Crippen LogP contribution in [0.3, 0.4) is 0 Å². The highest BCUT2D eigenvalue weighted by Crippen LogP contribution is 2.21. The van der Waals surface area contributed by atoms with Gasteiger partial charge in [0.15, 0.2) is 0 Å². The third-order valence-corrected chi connectivity index (χ3v) is 4.75. The molecule has 0 aliphatic carbocycles. The number of ether oxygens (including phenoxy) is 2. The van der Waals surface area contributed by atoms with E-state index in [0.29, 0.717) is 28.7 Å². The number of carbonyl (C=O) groups excluding carboxylic acids is 1. The van der Waals surface area contributed by atoms with E-state index >= 15 is 0 Å². The predicted octanol–water partition coefficient (Wildman–Crippen LogP) is 2.53. The van der Waals surface area contributed by atoms with Crippen LogP contribution in [0.1, 0.15) is 35.5 Å². The maximum Gasteiger partial charge on any atom is 0.313 e. The minimum atomic E-state index is -0.335. The van der Waals surface area contributed by atoms with Gasteiger partial charge in [0.05, 0.1) is 18.2 Å². The molecule has 0 radical (unpaired) electrons. The van der Waals surface area contributed by atoms with E-state index in [4.69, 9.17) is 9.47 Å². The van der Waals surface area contributed by atoms with Gasteiger partial charge >= 0.3 is 5.97 Å². The van der Waals surface area contributed by atoms with Crippen molar-refractivity contribution >= 4 is 22.3 Å².